The first-order valence-corrected chi connectivity index (χ1v) is 16.2. The summed E-state index contributed by atoms with van der Waals surface area (Å²) < 4.78 is 2.68. The van der Waals surface area contributed by atoms with Gasteiger partial charge < -0.3 is 0 Å². The minimum atomic E-state index is 1.23. The van der Waals surface area contributed by atoms with E-state index in [9.17, 15) is 0 Å². The molecule has 9 aromatic rings. The van der Waals surface area contributed by atoms with Crippen LogP contribution in [0.5, 0.6) is 0 Å². The molecule has 0 nitrogen and oxygen atoms in total. The minimum absolute atomic E-state index is 1.23. The zero-order valence-corrected chi connectivity index (χ0v) is 25.4. The van der Waals surface area contributed by atoms with Crippen LogP contribution in [0.3, 0.4) is 0 Å². The molecule has 0 aliphatic rings. The Morgan fingerprint density at radius 2 is 0.778 bits per heavy atom. The molecule has 45 heavy (non-hydrogen) atoms. The van der Waals surface area contributed by atoms with Crippen molar-refractivity contribution in [2.24, 2.45) is 0 Å². The third-order valence-electron chi connectivity index (χ3n) is 9.06. The summed E-state index contributed by atoms with van der Waals surface area (Å²) in [6.07, 6.45) is 0. The van der Waals surface area contributed by atoms with Gasteiger partial charge in [-0.05, 0) is 102 Å². The lowest BCUT2D eigenvalue weighted by molar-refractivity contribution is 1.60. The van der Waals surface area contributed by atoms with Crippen LogP contribution in [-0.4, -0.2) is 0 Å². The van der Waals surface area contributed by atoms with Gasteiger partial charge in [0.15, 0.2) is 0 Å². The highest BCUT2D eigenvalue weighted by molar-refractivity contribution is 7.25. The SMILES string of the molecule is c1cc(-c2ccc3ccccc3c2)cc(-c2ccc(-c3cccc(-c4ccc5sc6ccccc6c5c4)c3)c3ccccc23)c1. The third-order valence-corrected chi connectivity index (χ3v) is 10.2. The van der Waals surface area contributed by atoms with E-state index in [-0.39, 0.29) is 0 Å². The Morgan fingerprint density at radius 3 is 1.49 bits per heavy atom. The predicted molar refractivity (Wildman–Crippen MR) is 196 cm³/mol. The van der Waals surface area contributed by atoms with E-state index in [1.807, 2.05) is 11.3 Å². The smallest absolute Gasteiger partial charge is 0.0355 e. The van der Waals surface area contributed by atoms with Gasteiger partial charge in [0.05, 0.1) is 0 Å². The lowest BCUT2D eigenvalue weighted by Crippen LogP contribution is -1.88. The highest BCUT2D eigenvalue weighted by Gasteiger charge is 2.12. The van der Waals surface area contributed by atoms with E-state index in [0.717, 1.165) is 0 Å². The monoisotopic (exact) mass is 588 g/mol. The maximum Gasteiger partial charge on any atom is 0.0355 e. The van der Waals surface area contributed by atoms with E-state index in [4.69, 9.17) is 0 Å². The second-order valence-corrected chi connectivity index (χ2v) is 12.8. The number of benzene rings is 8. The fourth-order valence-electron chi connectivity index (χ4n) is 6.81. The Morgan fingerprint density at radius 1 is 0.267 bits per heavy atom. The summed E-state index contributed by atoms with van der Waals surface area (Å²) in [5.74, 6) is 0. The van der Waals surface area contributed by atoms with E-state index in [0.29, 0.717) is 0 Å². The van der Waals surface area contributed by atoms with Crippen LogP contribution in [0.25, 0.3) is 86.2 Å². The van der Waals surface area contributed by atoms with Crippen molar-refractivity contribution in [3.8, 4) is 44.5 Å². The first kappa shape index (κ1) is 25.9. The third kappa shape index (κ3) is 4.52. The first-order valence-electron chi connectivity index (χ1n) is 15.4. The fourth-order valence-corrected chi connectivity index (χ4v) is 7.90. The highest BCUT2D eigenvalue weighted by atomic mass is 32.1. The molecule has 0 amide bonds. The van der Waals surface area contributed by atoms with E-state index in [2.05, 4.69) is 170 Å². The molecule has 0 atom stereocenters. The van der Waals surface area contributed by atoms with E-state index in [1.54, 1.807) is 0 Å². The molecule has 0 aliphatic heterocycles. The Labute approximate surface area is 266 Å². The maximum absolute atomic E-state index is 2.36. The largest absolute Gasteiger partial charge is 0.135 e. The van der Waals surface area contributed by atoms with E-state index < -0.39 is 0 Å². The molecular weight excluding hydrogens is 561 g/mol. The quantitative estimate of drug-likeness (QED) is 0.192. The average Bonchev–Trinajstić information content (AvgIpc) is 3.49. The molecule has 0 bridgehead atoms. The molecule has 210 valence electrons. The topological polar surface area (TPSA) is 0 Å². The molecule has 1 heterocycles. The van der Waals surface area contributed by atoms with Crippen LogP contribution in [0.1, 0.15) is 0 Å². The maximum atomic E-state index is 2.36. The van der Waals surface area contributed by atoms with Crippen molar-refractivity contribution < 1.29 is 0 Å². The molecule has 0 spiro atoms. The molecule has 1 heteroatoms. The van der Waals surface area contributed by atoms with Crippen LogP contribution in [-0.2, 0) is 0 Å². The van der Waals surface area contributed by atoms with Gasteiger partial charge in [-0.2, -0.15) is 0 Å². The minimum Gasteiger partial charge on any atom is -0.135 e. The second-order valence-electron chi connectivity index (χ2n) is 11.7. The molecule has 0 N–H and O–H groups in total. The molecule has 0 saturated heterocycles. The van der Waals surface area contributed by atoms with Crippen molar-refractivity contribution in [3.05, 3.63) is 170 Å². The van der Waals surface area contributed by atoms with E-state index in [1.165, 1.54) is 86.2 Å². The Hall–Kier alpha value is -5.50. The normalized spacial score (nSPS) is 11.6. The summed E-state index contributed by atoms with van der Waals surface area (Å²) in [5.41, 5.74) is 9.92. The molecule has 9 rings (SSSR count). The molecule has 1 aromatic heterocycles. The average molecular weight is 589 g/mol. The van der Waals surface area contributed by atoms with Crippen molar-refractivity contribution in [1.82, 2.24) is 0 Å². The van der Waals surface area contributed by atoms with Gasteiger partial charge in [-0.15, -0.1) is 11.3 Å². The number of thiophene rings is 1. The lowest BCUT2D eigenvalue weighted by atomic mass is 9.90. The predicted octanol–water partition coefficient (Wildman–Crippen LogP) is 13.0. The standard InChI is InChI=1S/C44H28S/c1-2-10-30-25-33(20-19-29(30)9-1)31-11-7-13-35(26-31)37-22-23-38(40-16-4-3-15-39(37)40)36-14-8-12-32(27-36)34-21-24-44-42(28-34)41-17-5-6-18-43(41)45-44/h1-28H. The van der Waals surface area contributed by atoms with Crippen LogP contribution < -0.4 is 0 Å². The Kier molecular flexibility index (Phi) is 6.11. The fraction of sp³-hybridized carbons (Fsp3) is 0. The molecule has 0 radical (unpaired) electrons. The number of hydrogen-bond acceptors (Lipinski definition) is 1. The summed E-state index contributed by atoms with van der Waals surface area (Å²) in [6, 6.07) is 62.3. The van der Waals surface area contributed by atoms with Crippen LogP contribution in [0.15, 0.2) is 170 Å². The van der Waals surface area contributed by atoms with Crippen molar-refractivity contribution in [2.45, 2.75) is 0 Å². The first-order chi connectivity index (χ1) is 22.3. The molecule has 0 saturated carbocycles. The number of hydrogen-bond donors (Lipinski definition) is 0. The van der Waals surface area contributed by atoms with Crippen LogP contribution >= 0.6 is 11.3 Å². The van der Waals surface area contributed by atoms with Gasteiger partial charge in [0.2, 0.25) is 0 Å². The molecule has 0 unspecified atom stereocenters. The van der Waals surface area contributed by atoms with Gasteiger partial charge in [0.25, 0.3) is 0 Å². The van der Waals surface area contributed by atoms with Crippen molar-refractivity contribution in [1.29, 1.82) is 0 Å². The van der Waals surface area contributed by atoms with E-state index >= 15 is 0 Å². The van der Waals surface area contributed by atoms with Crippen LogP contribution in [0.2, 0.25) is 0 Å². The summed E-state index contributed by atoms with van der Waals surface area (Å²) in [4.78, 5) is 0. The van der Waals surface area contributed by atoms with Gasteiger partial charge in [0, 0.05) is 20.2 Å². The second kappa shape index (κ2) is 10.6. The molecular formula is C44H28S. The van der Waals surface area contributed by atoms with Gasteiger partial charge in [-0.3, -0.25) is 0 Å². The van der Waals surface area contributed by atoms with Crippen LogP contribution in [0.4, 0.5) is 0 Å². The van der Waals surface area contributed by atoms with Gasteiger partial charge in [-0.25, -0.2) is 0 Å². The van der Waals surface area contributed by atoms with Crippen molar-refractivity contribution in [2.75, 3.05) is 0 Å². The summed E-state index contributed by atoms with van der Waals surface area (Å²) in [7, 11) is 0. The summed E-state index contributed by atoms with van der Waals surface area (Å²) in [5, 5.41) is 7.73. The van der Waals surface area contributed by atoms with Gasteiger partial charge >= 0.3 is 0 Å². The molecule has 8 aromatic carbocycles. The van der Waals surface area contributed by atoms with Gasteiger partial charge in [-0.1, -0.05) is 133 Å². The number of fused-ring (bicyclic) bond motifs is 5. The van der Waals surface area contributed by atoms with Crippen LogP contribution in [0, 0.1) is 0 Å². The summed E-state index contributed by atoms with van der Waals surface area (Å²) >= 11 is 1.87. The summed E-state index contributed by atoms with van der Waals surface area (Å²) in [6.45, 7) is 0. The molecule has 0 fully saturated rings. The van der Waals surface area contributed by atoms with Crippen molar-refractivity contribution >= 4 is 53.1 Å². The zero-order chi connectivity index (χ0) is 29.7. The Balaban J connectivity index is 1.13. The zero-order valence-electron chi connectivity index (χ0n) is 24.6. The lowest BCUT2D eigenvalue weighted by Gasteiger charge is -2.14. The highest BCUT2D eigenvalue weighted by Crippen LogP contribution is 2.40. The van der Waals surface area contributed by atoms with Crippen molar-refractivity contribution in [3.63, 3.8) is 0 Å². The Bertz CT molecular complexity index is 2550. The number of rotatable bonds is 4. The molecule has 0 aliphatic carbocycles. The van der Waals surface area contributed by atoms with Gasteiger partial charge in [0.1, 0.15) is 0 Å².